The summed E-state index contributed by atoms with van der Waals surface area (Å²) in [7, 11) is 0.957. The summed E-state index contributed by atoms with van der Waals surface area (Å²) in [5.41, 5.74) is -2.88. The van der Waals surface area contributed by atoms with Crippen molar-refractivity contribution in [2.45, 2.75) is 12.7 Å². The van der Waals surface area contributed by atoms with Gasteiger partial charge in [-0.1, -0.05) is 17.7 Å². The minimum atomic E-state index is -4.81. The Morgan fingerprint density at radius 1 is 1.27 bits per heavy atom. The van der Waals surface area contributed by atoms with E-state index in [0.29, 0.717) is 32.6 Å². The minimum Gasteiger partial charge on any atom is -0.292 e. The van der Waals surface area contributed by atoms with Crippen molar-refractivity contribution in [3.8, 4) is 5.69 Å². The van der Waals surface area contributed by atoms with Gasteiger partial charge >= 0.3 is 11.9 Å². The highest BCUT2D eigenvalue weighted by Crippen LogP contribution is 2.27. The fourth-order valence-electron chi connectivity index (χ4n) is 2.66. The Bertz CT molecular complexity index is 1140. The standard InChI is InChI=1S/C16H12ClF3N4O2/c1-3-6-23-11-7-9(4-5-10(11)14(17)21-23)24-13(25)8-12(16(18,19)20)22(2)15(24)26/h3-5,7-8H,1,6H2,2H3. The molecule has 0 atom stereocenters. The smallest absolute Gasteiger partial charge is 0.292 e. The third kappa shape index (κ3) is 2.84. The van der Waals surface area contributed by atoms with Gasteiger partial charge in [0.05, 0.1) is 17.7 Å². The maximum Gasteiger partial charge on any atom is 0.431 e. The quantitative estimate of drug-likeness (QED) is 0.652. The second-order valence-electron chi connectivity index (χ2n) is 5.51. The van der Waals surface area contributed by atoms with Gasteiger partial charge in [0.2, 0.25) is 0 Å². The average Bonchev–Trinajstić information content (AvgIpc) is 2.86. The molecule has 0 saturated carbocycles. The molecule has 0 amide bonds. The second kappa shape index (κ2) is 6.17. The van der Waals surface area contributed by atoms with Crippen LogP contribution in [0.3, 0.4) is 0 Å². The van der Waals surface area contributed by atoms with Gasteiger partial charge in [-0.15, -0.1) is 6.58 Å². The lowest BCUT2D eigenvalue weighted by molar-refractivity contribution is -0.144. The summed E-state index contributed by atoms with van der Waals surface area (Å²) in [5.74, 6) is 0. The van der Waals surface area contributed by atoms with Crippen molar-refractivity contribution < 1.29 is 13.2 Å². The lowest BCUT2D eigenvalue weighted by Crippen LogP contribution is -2.40. The molecule has 0 spiro atoms. The number of benzene rings is 1. The van der Waals surface area contributed by atoms with E-state index < -0.39 is 23.1 Å². The van der Waals surface area contributed by atoms with Crippen molar-refractivity contribution in [3.05, 3.63) is 68.6 Å². The molecule has 0 radical (unpaired) electrons. The lowest BCUT2D eigenvalue weighted by atomic mass is 10.2. The Kier molecular flexibility index (Phi) is 4.27. The average molecular weight is 385 g/mol. The van der Waals surface area contributed by atoms with E-state index in [4.69, 9.17) is 11.6 Å². The molecular weight excluding hydrogens is 373 g/mol. The van der Waals surface area contributed by atoms with Crippen LogP contribution in [-0.4, -0.2) is 18.9 Å². The van der Waals surface area contributed by atoms with Crippen LogP contribution in [0.15, 0.2) is 46.5 Å². The van der Waals surface area contributed by atoms with E-state index in [1.54, 1.807) is 12.1 Å². The molecule has 0 saturated heterocycles. The number of halogens is 4. The first-order chi connectivity index (χ1) is 12.1. The van der Waals surface area contributed by atoms with Crippen LogP contribution in [0.2, 0.25) is 5.15 Å². The Morgan fingerprint density at radius 2 is 1.96 bits per heavy atom. The van der Waals surface area contributed by atoms with Crippen LogP contribution in [0.25, 0.3) is 16.6 Å². The number of rotatable bonds is 3. The van der Waals surface area contributed by atoms with E-state index in [2.05, 4.69) is 11.7 Å². The molecule has 136 valence electrons. The number of hydrogen-bond donors (Lipinski definition) is 0. The molecule has 10 heteroatoms. The molecule has 26 heavy (non-hydrogen) atoms. The lowest BCUT2D eigenvalue weighted by Gasteiger charge is -2.14. The summed E-state index contributed by atoms with van der Waals surface area (Å²) in [6.07, 6.45) is -3.23. The molecule has 0 aliphatic carbocycles. The fraction of sp³-hybridized carbons (Fsp3) is 0.188. The maximum absolute atomic E-state index is 12.9. The first kappa shape index (κ1) is 18.0. The van der Waals surface area contributed by atoms with Crippen LogP contribution in [0.4, 0.5) is 13.2 Å². The molecule has 3 aromatic rings. The summed E-state index contributed by atoms with van der Waals surface area (Å²) in [6, 6.07) is 4.82. The van der Waals surface area contributed by atoms with E-state index in [9.17, 15) is 22.8 Å². The highest BCUT2D eigenvalue weighted by Gasteiger charge is 2.35. The normalized spacial score (nSPS) is 11.9. The van der Waals surface area contributed by atoms with E-state index >= 15 is 0 Å². The second-order valence-corrected chi connectivity index (χ2v) is 5.86. The maximum atomic E-state index is 12.9. The van der Waals surface area contributed by atoms with Crippen LogP contribution in [0.1, 0.15) is 5.69 Å². The number of nitrogens with zero attached hydrogens (tertiary/aromatic N) is 4. The molecule has 0 bridgehead atoms. The molecule has 0 N–H and O–H groups in total. The molecule has 2 aromatic heterocycles. The van der Waals surface area contributed by atoms with E-state index in [1.807, 2.05) is 0 Å². The zero-order valence-corrected chi connectivity index (χ0v) is 14.2. The van der Waals surface area contributed by atoms with Crippen LogP contribution >= 0.6 is 11.6 Å². The summed E-state index contributed by atoms with van der Waals surface area (Å²) in [4.78, 5) is 24.6. The van der Waals surface area contributed by atoms with Gasteiger partial charge < -0.3 is 0 Å². The van der Waals surface area contributed by atoms with Gasteiger partial charge in [0.15, 0.2) is 5.15 Å². The van der Waals surface area contributed by atoms with Gasteiger partial charge in [0.25, 0.3) is 5.56 Å². The molecule has 6 nitrogen and oxygen atoms in total. The first-order valence-corrected chi connectivity index (χ1v) is 7.70. The molecule has 0 aliphatic rings. The van der Waals surface area contributed by atoms with Crippen molar-refractivity contribution in [1.82, 2.24) is 18.9 Å². The summed E-state index contributed by atoms with van der Waals surface area (Å²) in [5, 5.41) is 4.92. The van der Waals surface area contributed by atoms with E-state index in [1.165, 1.54) is 16.8 Å². The number of alkyl halides is 3. The summed E-state index contributed by atoms with van der Waals surface area (Å²) >= 11 is 6.04. The van der Waals surface area contributed by atoms with Crippen LogP contribution < -0.4 is 11.2 Å². The van der Waals surface area contributed by atoms with Crippen molar-refractivity contribution in [1.29, 1.82) is 0 Å². The Morgan fingerprint density at radius 3 is 2.58 bits per heavy atom. The predicted molar refractivity (Wildman–Crippen MR) is 90.8 cm³/mol. The first-order valence-electron chi connectivity index (χ1n) is 7.32. The van der Waals surface area contributed by atoms with Crippen LogP contribution in [0.5, 0.6) is 0 Å². The summed E-state index contributed by atoms with van der Waals surface area (Å²) in [6.45, 7) is 3.93. The van der Waals surface area contributed by atoms with Crippen molar-refractivity contribution in [2.24, 2.45) is 7.05 Å². The minimum absolute atomic E-state index is 0.110. The molecule has 2 heterocycles. The third-order valence-electron chi connectivity index (χ3n) is 3.86. The molecular formula is C16H12ClF3N4O2. The van der Waals surface area contributed by atoms with Crippen molar-refractivity contribution in [2.75, 3.05) is 0 Å². The highest BCUT2D eigenvalue weighted by molar-refractivity contribution is 6.34. The molecule has 0 aliphatic heterocycles. The fourth-order valence-corrected chi connectivity index (χ4v) is 2.91. The zero-order valence-electron chi connectivity index (χ0n) is 13.4. The third-order valence-corrected chi connectivity index (χ3v) is 4.14. The van der Waals surface area contributed by atoms with E-state index in [0.717, 1.165) is 7.05 Å². The van der Waals surface area contributed by atoms with Crippen molar-refractivity contribution in [3.63, 3.8) is 0 Å². The van der Waals surface area contributed by atoms with Gasteiger partial charge in [0.1, 0.15) is 5.69 Å². The molecule has 0 fully saturated rings. The Balaban J connectivity index is 2.29. The van der Waals surface area contributed by atoms with Crippen LogP contribution in [-0.2, 0) is 19.8 Å². The SMILES string of the molecule is C=CCn1nc(Cl)c2ccc(-n3c(=O)cc(C(F)(F)F)n(C)c3=O)cc21. The van der Waals surface area contributed by atoms with Gasteiger partial charge in [0, 0.05) is 18.5 Å². The number of fused-ring (bicyclic) bond motifs is 1. The largest absolute Gasteiger partial charge is 0.431 e. The number of aromatic nitrogens is 4. The molecule has 0 unspecified atom stereocenters. The number of allylic oxidation sites excluding steroid dienone is 1. The zero-order chi connectivity index (χ0) is 19.2. The number of hydrogen-bond acceptors (Lipinski definition) is 3. The van der Waals surface area contributed by atoms with E-state index in [-0.39, 0.29) is 10.8 Å². The predicted octanol–water partition coefficient (Wildman–Crippen LogP) is 2.74. The molecule has 3 rings (SSSR count). The highest BCUT2D eigenvalue weighted by atomic mass is 35.5. The summed E-state index contributed by atoms with van der Waals surface area (Å²) < 4.78 is 41.4. The monoisotopic (exact) mass is 384 g/mol. The van der Waals surface area contributed by atoms with Gasteiger partial charge in [-0.2, -0.15) is 18.3 Å². The Hall–Kier alpha value is -2.81. The van der Waals surface area contributed by atoms with Crippen LogP contribution in [0, 0.1) is 0 Å². The van der Waals surface area contributed by atoms with Gasteiger partial charge in [-0.3, -0.25) is 14.0 Å². The topological polar surface area (TPSA) is 61.8 Å². The van der Waals surface area contributed by atoms with Gasteiger partial charge in [-0.05, 0) is 18.2 Å². The Labute approximate surface area is 149 Å². The van der Waals surface area contributed by atoms with Gasteiger partial charge in [-0.25, -0.2) is 9.36 Å². The van der Waals surface area contributed by atoms with Crippen molar-refractivity contribution >= 4 is 22.5 Å². The molecule has 1 aromatic carbocycles.